The molecule has 0 radical (unpaired) electrons. The summed E-state index contributed by atoms with van der Waals surface area (Å²) in [7, 11) is 0. The topological polar surface area (TPSA) is 42.0 Å². The van der Waals surface area contributed by atoms with E-state index in [1.165, 1.54) is 11.3 Å². The maximum Gasteiger partial charge on any atom is 0.187 e. The largest absolute Gasteiger partial charge is 0.332 e. The summed E-state index contributed by atoms with van der Waals surface area (Å²) in [5.41, 5.74) is 0.974. The van der Waals surface area contributed by atoms with Crippen LogP contribution < -0.4 is 5.32 Å². The predicted molar refractivity (Wildman–Crippen MR) is 61.8 cm³/mol. The second kappa shape index (κ2) is 4.23. The average Bonchev–Trinajstić information content (AvgIpc) is 2.68. The van der Waals surface area contributed by atoms with E-state index in [4.69, 9.17) is 0 Å². The van der Waals surface area contributed by atoms with E-state index in [0.29, 0.717) is 4.88 Å². The van der Waals surface area contributed by atoms with E-state index in [1.807, 2.05) is 30.3 Å². The summed E-state index contributed by atoms with van der Waals surface area (Å²) in [6.07, 6.45) is 1.60. The molecule has 0 aliphatic rings. The number of hydrogen-bond donors (Lipinski definition) is 1. The first kappa shape index (κ1) is 9.86. The summed E-state index contributed by atoms with van der Waals surface area (Å²) in [5, 5.41) is 3.88. The number of thiazole rings is 1. The highest BCUT2D eigenvalue weighted by atomic mass is 32.1. The van der Waals surface area contributed by atoms with Crippen molar-refractivity contribution in [3.63, 3.8) is 0 Å². The number of rotatable bonds is 3. The smallest absolute Gasteiger partial charge is 0.187 e. The van der Waals surface area contributed by atoms with Crippen molar-refractivity contribution >= 4 is 27.9 Å². The van der Waals surface area contributed by atoms with E-state index in [9.17, 15) is 4.79 Å². The molecule has 1 aromatic carbocycles. The van der Waals surface area contributed by atoms with E-state index in [-0.39, 0.29) is 5.78 Å². The van der Waals surface area contributed by atoms with Crippen molar-refractivity contribution < 1.29 is 4.79 Å². The monoisotopic (exact) mass is 218 g/mol. The molecular formula is C11H10N2OS. The molecule has 0 saturated heterocycles. The third-order valence-electron chi connectivity index (χ3n) is 1.88. The molecular weight excluding hydrogens is 208 g/mol. The lowest BCUT2D eigenvalue weighted by molar-refractivity contribution is 0.102. The van der Waals surface area contributed by atoms with E-state index < -0.39 is 0 Å². The third kappa shape index (κ3) is 2.41. The molecule has 0 aliphatic carbocycles. The van der Waals surface area contributed by atoms with Gasteiger partial charge in [0.25, 0.3) is 0 Å². The summed E-state index contributed by atoms with van der Waals surface area (Å²) in [4.78, 5) is 15.8. The van der Waals surface area contributed by atoms with Gasteiger partial charge < -0.3 is 5.32 Å². The fourth-order valence-electron chi connectivity index (χ4n) is 1.14. The standard InChI is InChI=1S/C11H10N2OS/c1-8(14)10-7-12-11(15-10)13-9-5-3-2-4-6-9/h2-7H,1H3,(H,12,13). The van der Waals surface area contributed by atoms with Crippen molar-refractivity contribution in [2.75, 3.05) is 5.32 Å². The number of anilines is 2. The zero-order chi connectivity index (χ0) is 10.7. The van der Waals surface area contributed by atoms with Crippen LogP contribution in [-0.2, 0) is 0 Å². The summed E-state index contributed by atoms with van der Waals surface area (Å²) >= 11 is 1.36. The molecule has 0 amide bonds. The normalized spacial score (nSPS) is 9.93. The van der Waals surface area contributed by atoms with Crippen molar-refractivity contribution in [3.8, 4) is 0 Å². The molecule has 4 heteroatoms. The van der Waals surface area contributed by atoms with E-state index in [1.54, 1.807) is 13.1 Å². The Morgan fingerprint density at radius 3 is 2.67 bits per heavy atom. The van der Waals surface area contributed by atoms with Gasteiger partial charge in [-0.3, -0.25) is 4.79 Å². The Bertz CT molecular complexity index is 464. The molecule has 0 aliphatic heterocycles. The molecule has 0 atom stereocenters. The first-order chi connectivity index (χ1) is 7.25. The molecule has 0 unspecified atom stereocenters. The van der Waals surface area contributed by atoms with Crippen LogP contribution in [0.2, 0.25) is 0 Å². The molecule has 3 nitrogen and oxygen atoms in total. The van der Waals surface area contributed by atoms with Crippen molar-refractivity contribution in [2.24, 2.45) is 0 Å². The first-order valence-electron chi connectivity index (χ1n) is 4.54. The number of Topliss-reactive ketones (excluding diaryl/α,β-unsaturated/α-hetero) is 1. The van der Waals surface area contributed by atoms with Gasteiger partial charge in [-0.25, -0.2) is 4.98 Å². The van der Waals surface area contributed by atoms with Crippen molar-refractivity contribution in [1.82, 2.24) is 4.98 Å². The molecule has 76 valence electrons. The van der Waals surface area contributed by atoms with Crippen molar-refractivity contribution in [3.05, 3.63) is 41.4 Å². The number of para-hydroxylation sites is 1. The SMILES string of the molecule is CC(=O)c1cnc(Nc2ccccc2)s1. The lowest BCUT2D eigenvalue weighted by Gasteiger charge is -1.99. The van der Waals surface area contributed by atoms with Crippen LogP contribution in [0.1, 0.15) is 16.6 Å². The Balaban J connectivity index is 2.15. The highest BCUT2D eigenvalue weighted by molar-refractivity contribution is 7.17. The molecule has 2 aromatic rings. The number of nitrogens with zero attached hydrogens (tertiary/aromatic N) is 1. The number of aromatic nitrogens is 1. The minimum absolute atomic E-state index is 0.0496. The first-order valence-corrected chi connectivity index (χ1v) is 5.36. The van der Waals surface area contributed by atoms with Crippen LogP contribution in [0.5, 0.6) is 0 Å². The maximum absolute atomic E-state index is 11.1. The zero-order valence-electron chi connectivity index (χ0n) is 8.23. The van der Waals surface area contributed by atoms with Crippen LogP contribution in [0.3, 0.4) is 0 Å². The predicted octanol–water partition coefficient (Wildman–Crippen LogP) is 3.09. The maximum atomic E-state index is 11.1. The minimum Gasteiger partial charge on any atom is -0.332 e. The van der Waals surface area contributed by atoms with E-state index >= 15 is 0 Å². The lowest BCUT2D eigenvalue weighted by Crippen LogP contribution is -1.87. The van der Waals surface area contributed by atoms with Gasteiger partial charge in [0, 0.05) is 12.6 Å². The molecule has 1 N–H and O–H groups in total. The van der Waals surface area contributed by atoms with Gasteiger partial charge in [-0.1, -0.05) is 29.5 Å². The number of carbonyl (C=O) groups is 1. The molecule has 0 spiro atoms. The fourth-order valence-corrected chi connectivity index (χ4v) is 1.87. The fraction of sp³-hybridized carbons (Fsp3) is 0.0909. The summed E-state index contributed by atoms with van der Waals surface area (Å²) in [5.74, 6) is 0.0496. The van der Waals surface area contributed by atoms with Gasteiger partial charge in [-0.2, -0.15) is 0 Å². The van der Waals surface area contributed by atoms with Gasteiger partial charge in [0.15, 0.2) is 10.9 Å². The molecule has 0 fully saturated rings. The summed E-state index contributed by atoms with van der Waals surface area (Å²) in [6, 6.07) is 9.75. The van der Waals surface area contributed by atoms with E-state index in [2.05, 4.69) is 10.3 Å². The van der Waals surface area contributed by atoms with Gasteiger partial charge >= 0.3 is 0 Å². The number of nitrogens with one attached hydrogen (secondary N) is 1. The van der Waals surface area contributed by atoms with Crippen molar-refractivity contribution in [1.29, 1.82) is 0 Å². The molecule has 1 heterocycles. The second-order valence-electron chi connectivity index (χ2n) is 3.08. The highest BCUT2D eigenvalue weighted by Gasteiger charge is 2.05. The lowest BCUT2D eigenvalue weighted by atomic mass is 10.3. The number of hydrogen-bond acceptors (Lipinski definition) is 4. The van der Waals surface area contributed by atoms with Crippen LogP contribution in [0.25, 0.3) is 0 Å². The summed E-state index contributed by atoms with van der Waals surface area (Å²) < 4.78 is 0. The van der Waals surface area contributed by atoms with Crippen LogP contribution in [0, 0.1) is 0 Å². The van der Waals surface area contributed by atoms with Crippen LogP contribution in [0.15, 0.2) is 36.5 Å². The van der Waals surface area contributed by atoms with Crippen LogP contribution in [-0.4, -0.2) is 10.8 Å². The quantitative estimate of drug-likeness (QED) is 0.805. The molecule has 2 rings (SSSR count). The molecule has 0 bridgehead atoms. The van der Waals surface area contributed by atoms with E-state index in [0.717, 1.165) is 10.8 Å². The highest BCUT2D eigenvalue weighted by Crippen LogP contribution is 2.22. The van der Waals surface area contributed by atoms with Crippen molar-refractivity contribution in [2.45, 2.75) is 6.92 Å². The molecule has 15 heavy (non-hydrogen) atoms. The number of ketones is 1. The van der Waals surface area contributed by atoms with Crippen LogP contribution >= 0.6 is 11.3 Å². The van der Waals surface area contributed by atoms with Gasteiger partial charge in [0.2, 0.25) is 0 Å². The Morgan fingerprint density at radius 2 is 2.07 bits per heavy atom. The van der Waals surface area contributed by atoms with Gasteiger partial charge in [0.05, 0.1) is 11.1 Å². The second-order valence-corrected chi connectivity index (χ2v) is 4.11. The van der Waals surface area contributed by atoms with Gasteiger partial charge in [-0.05, 0) is 12.1 Å². The Morgan fingerprint density at radius 1 is 1.33 bits per heavy atom. The summed E-state index contributed by atoms with van der Waals surface area (Å²) in [6.45, 7) is 1.54. The third-order valence-corrected chi connectivity index (χ3v) is 2.89. The van der Waals surface area contributed by atoms with Crippen LogP contribution in [0.4, 0.5) is 10.8 Å². The Kier molecular flexibility index (Phi) is 2.78. The Labute approximate surface area is 91.8 Å². The van der Waals surface area contributed by atoms with Gasteiger partial charge in [-0.15, -0.1) is 0 Å². The molecule has 0 saturated carbocycles. The minimum atomic E-state index is 0.0496. The average molecular weight is 218 g/mol. The van der Waals surface area contributed by atoms with Gasteiger partial charge in [0.1, 0.15) is 0 Å². The zero-order valence-corrected chi connectivity index (χ0v) is 9.04. The molecule has 1 aromatic heterocycles. The Hall–Kier alpha value is -1.68. The number of carbonyl (C=O) groups excluding carboxylic acids is 1. The number of benzene rings is 1.